The van der Waals surface area contributed by atoms with Gasteiger partial charge in [-0.2, -0.15) is 5.10 Å². The van der Waals surface area contributed by atoms with Crippen LogP contribution in [0.5, 0.6) is 0 Å². The highest BCUT2D eigenvalue weighted by Crippen LogP contribution is 2.07. The summed E-state index contributed by atoms with van der Waals surface area (Å²) in [6, 6.07) is 8.54. The van der Waals surface area contributed by atoms with Gasteiger partial charge >= 0.3 is 0 Å². The summed E-state index contributed by atoms with van der Waals surface area (Å²) in [5.74, 6) is 1.60. The van der Waals surface area contributed by atoms with E-state index >= 15 is 0 Å². The lowest BCUT2D eigenvalue weighted by atomic mass is 10.1. The fourth-order valence-electron chi connectivity index (χ4n) is 2.24. The minimum atomic E-state index is 0.586. The van der Waals surface area contributed by atoms with Crippen LogP contribution in [0.1, 0.15) is 30.8 Å². The zero-order valence-electron chi connectivity index (χ0n) is 12.6. The van der Waals surface area contributed by atoms with Gasteiger partial charge in [-0.1, -0.05) is 38.1 Å². The smallest absolute Gasteiger partial charge is 0.140 e. The van der Waals surface area contributed by atoms with Crippen LogP contribution in [-0.2, 0) is 19.5 Å². The van der Waals surface area contributed by atoms with Gasteiger partial charge < -0.3 is 5.32 Å². The molecule has 0 bridgehead atoms. The van der Waals surface area contributed by atoms with E-state index in [9.17, 15) is 0 Å². The second-order valence-electron chi connectivity index (χ2n) is 5.61. The van der Waals surface area contributed by atoms with Crippen LogP contribution in [0.3, 0.4) is 0 Å². The molecule has 0 radical (unpaired) electrons. The molecule has 4 heteroatoms. The number of hydrogen-bond acceptors (Lipinski definition) is 3. The summed E-state index contributed by atoms with van der Waals surface area (Å²) in [7, 11) is 0. The molecule has 0 amide bonds. The maximum Gasteiger partial charge on any atom is 0.140 e. The van der Waals surface area contributed by atoms with E-state index in [4.69, 9.17) is 0 Å². The summed E-state index contributed by atoms with van der Waals surface area (Å²) in [5.41, 5.74) is 2.76. The van der Waals surface area contributed by atoms with Gasteiger partial charge in [-0.05, 0) is 36.9 Å². The van der Waals surface area contributed by atoms with Crippen LogP contribution in [-0.4, -0.2) is 21.3 Å². The van der Waals surface area contributed by atoms with Crippen LogP contribution >= 0.6 is 0 Å². The lowest BCUT2D eigenvalue weighted by Gasteiger charge is -2.10. The molecular formula is C16H24N4. The minimum absolute atomic E-state index is 0.586. The van der Waals surface area contributed by atoms with Crippen molar-refractivity contribution < 1.29 is 0 Å². The Hall–Kier alpha value is -1.68. The number of aryl methyl sites for hydroxylation is 1. The fourth-order valence-corrected chi connectivity index (χ4v) is 2.24. The quantitative estimate of drug-likeness (QED) is 0.788. The molecule has 0 saturated heterocycles. The standard InChI is InChI=1S/C16H24N4/c1-13(2)11-20-16(18-12-19-20)10-17-9-8-15-7-5-4-6-14(15)3/h4-7,12-13,17H,8-11H2,1-3H3. The molecule has 4 nitrogen and oxygen atoms in total. The Labute approximate surface area is 121 Å². The molecule has 0 aliphatic heterocycles. The lowest BCUT2D eigenvalue weighted by Crippen LogP contribution is -2.21. The van der Waals surface area contributed by atoms with Crippen molar-refractivity contribution in [1.82, 2.24) is 20.1 Å². The molecule has 2 aromatic rings. The molecule has 108 valence electrons. The summed E-state index contributed by atoms with van der Waals surface area (Å²) in [6.07, 6.45) is 2.69. The van der Waals surface area contributed by atoms with E-state index in [2.05, 4.69) is 60.4 Å². The first-order valence-corrected chi connectivity index (χ1v) is 7.28. The van der Waals surface area contributed by atoms with Gasteiger partial charge in [0.2, 0.25) is 0 Å². The second kappa shape index (κ2) is 7.20. The summed E-state index contributed by atoms with van der Waals surface area (Å²) < 4.78 is 1.99. The van der Waals surface area contributed by atoms with E-state index in [1.165, 1.54) is 11.1 Å². The Morgan fingerprint density at radius 1 is 1.25 bits per heavy atom. The van der Waals surface area contributed by atoms with Gasteiger partial charge in [0.15, 0.2) is 0 Å². The third kappa shape index (κ3) is 4.17. The third-order valence-corrected chi connectivity index (χ3v) is 3.35. The molecule has 0 fully saturated rings. The van der Waals surface area contributed by atoms with Gasteiger partial charge in [0.05, 0.1) is 6.54 Å². The van der Waals surface area contributed by atoms with Crippen LogP contribution in [0, 0.1) is 12.8 Å². The van der Waals surface area contributed by atoms with E-state index in [0.717, 1.165) is 31.9 Å². The molecule has 2 rings (SSSR count). The van der Waals surface area contributed by atoms with Crippen molar-refractivity contribution >= 4 is 0 Å². The highest BCUT2D eigenvalue weighted by Gasteiger charge is 2.05. The maximum atomic E-state index is 4.32. The average molecular weight is 272 g/mol. The van der Waals surface area contributed by atoms with Gasteiger partial charge in [0, 0.05) is 6.54 Å². The number of nitrogens with one attached hydrogen (secondary N) is 1. The molecule has 1 aromatic heterocycles. The Balaban J connectivity index is 1.79. The van der Waals surface area contributed by atoms with Crippen LogP contribution in [0.15, 0.2) is 30.6 Å². The van der Waals surface area contributed by atoms with Crippen molar-refractivity contribution in [3.8, 4) is 0 Å². The number of aromatic nitrogens is 3. The minimum Gasteiger partial charge on any atom is -0.310 e. The van der Waals surface area contributed by atoms with Crippen molar-refractivity contribution in [2.45, 2.75) is 40.3 Å². The molecule has 0 spiro atoms. The first kappa shape index (κ1) is 14.7. The lowest BCUT2D eigenvalue weighted by molar-refractivity contribution is 0.458. The predicted molar refractivity (Wildman–Crippen MR) is 81.4 cm³/mol. The van der Waals surface area contributed by atoms with Crippen LogP contribution in [0.4, 0.5) is 0 Å². The van der Waals surface area contributed by atoms with Gasteiger partial charge in [0.25, 0.3) is 0 Å². The molecule has 0 atom stereocenters. The predicted octanol–water partition coefficient (Wildman–Crippen LogP) is 2.57. The molecule has 0 saturated carbocycles. The Kier molecular flexibility index (Phi) is 5.30. The van der Waals surface area contributed by atoms with Gasteiger partial charge in [0.1, 0.15) is 12.2 Å². The monoisotopic (exact) mass is 272 g/mol. The maximum absolute atomic E-state index is 4.32. The summed E-state index contributed by atoms with van der Waals surface area (Å²) >= 11 is 0. The number of hydrogen-bond donors (Lipinski definition) is 1. The molecule has 20 heavy (non-hydrogen) atoms. The zero-order valence-corrected chi connectivity index (χ0v) is 12.6. The van der Waals surface area contributed by atoms with Crippen molar-refractivity contribution in [2.24, 2.45) is 5.92 Å². The van der Waals surface area contributed by atoms with Crippen LogP contribution in [0.25, 0.3) is 0 Å². The Morgan fingerprint density at radius 2 is 2.05 bits per heavy atom. The summed E-state index contributed by atoms with van der Waals surface area (Å²) in [6.45, 7) is 9.20. The van der Waals surface area contributed by atoms with Crippen molar-refractivity contribution in [1.29, 1.82) is 0 Å². The third-order valence-electron chi connectivity index (χ3n) is 3.35. The molecule has 1 aromatic carbocycles. The van der Waals surface area contributed by atoms with E-state index in [0.29, 0.717) is 5.92 Å². The van der Waals surface area contributed by atoms with Crippen LogP contribution < -0.4 is 5.32 Å². The molecule has 1 N–H and O–H groups in total. The number of benzene rings is 1. The van der Waals surface area contributed by atoms with E-state index in [-0.39, 0.29) is 0 Å². The van der Waals surface area contributed by atoms with Gasteiger partial charge in [-0.3, -0.25) is 0 Å². The first-order valence-electron chi connectivity index (χ1n) is 7.28. The normalized spacial score (nSPS) is 11.2. The van der Waals surface area contributed by atoms with E-state index in [1.54, 1.807) is 6.33 Å². The van der Waals surface area contributed by atoms with Crippen molar-refractivity contribution in [3.63, 3.8) is 0 Å². The van der Waals surface area contributed by atoms with Gasteiger partial charge in [-0.25, -0.2) is 9.67 Å². The molecule has 0 aliphatic rings. The molecule has 1 heterocycles. The first-order chi connectivity index (χ1) is 9.66. The SMILES string of the molecule is Cc1ccccc1CCNCc1ncnn1CC(C)C. The molecule has 0 aliphatic carbocycles. The van der Waals surface area contributed by atoms with Gasteiger partial charge in [-0.15, -0.1) is 0 Å². The average Bonchev–Trinajstić information content (AvgIpc) is 2.83. The fraction of sp³-hybridized carbons (Fsp3) is 0.500. The van der Waals surface area contributed by atoms with Crippen LogP contribution in [0.2, 0.25) is 0 Å². The topological polar surface area (TPSA) is 42.7 Å². The van der Waals surface area contributed by atoms with E-state index < -0.39 is 0 Å². The molecule has 0 unspecified atom stereocenters. The van der Waals surface area contributed by atoms with E-state index in [1.807, 2.05) is 4.68 Å². The number of nitrogens with zero attached hydrogens (tertiary/aromatic N) is 3. The van der Waals surface area contributed by atoms with Crippen molar-refractivity contribution in [2.75, 3.05) is 6.54 Å². The Morgan fingerprint density at radius 3 is 2.80 bits per heavy atom. The largest absolute Gasteiger partial charge is 0.310 e. The highest BCUT2D eigenvalue weighted by molar-refractivity contribution is 5.25. The highest BCUT2D eigenvalue weighted by atomic mass is 15.3. The number of rotatable bonds is 7. The second-order valence-corrected chi connectivity index (χ2v) is 5.61. The Bertz CT molecular complexity index is 531. The zero-order chi connectivity index (χ0) is 14.4. The van der Waals surface area contributed by atoms with Crippen molar-refractivity contribution in [3.05, 3.63) is 47.5 Å². The summed E-state index contributed by atoms with van der Waals surface area (Å²) in [5, 5.41) is 7.73. The summed E-state index contributed by atoms with van der Waals surface area (Å²) in [4.78, 5) is 4.32. The molecular weight excluding hydrogens is 248 g/mol.